The molecule has 0 fully saturated rings. The van der Waals surface area contributed by atoms with Crippen molar-refractivity contribution in [3.05, 3.63) is 95.3 Å². The van der Waals surface area contributed by atoms with E-state index >= 15 is 0 Å². The molecule has 0 unspecified atom stereocenters. The summed E-state index contributed by atoms with van der Waals surface area (Å²) in [6.07, 6.45) is 0. The zero-order valence-electron chi connectivity index (χ0n) is 14.1. The fourth-order valence-corrected chi connectivity index (χ4v) is 4.53. The lowest BCUT2D eigenvalue weighted by atomic mass is 10.2. The minimum Gasteiger partial charge on any atom is -0.506 e. The predicted octanol–water partition coefficient (Wildman–Crippen LogP) is 3.53. The van der Waals surface area contributed by atoms with Crippen LogP contribution in [0.5, 0.6) is 5.75 Å². The molecule has 0 bridgehead atoms. The molecule has 0 aliphatic rings. The topological polar surface area (TPSA) is 76.4 Å². The molecular weight excluding hydrogens is 362 g/mol. The second kappa shape index (κ2) is 6.41. The van der Waals surface area contributed by atoms with Crippen molar-refractivity contribution in [3.8, 4) is 11.4 Å². The molecule has 3 aromatic carbocycles. The van der Waals surface area contributed by atoms with Gasteiger partial charge in [0.05, 0.1) is 10.4 Å². The van der Waals surface area contributed by atoms with Gasteiger partial charge < -0.3 is 5.11 Å². The number of pyridine rings is 1. The molecule has 1 N–H and O–H groups in total. The first kappa shape index (κ1) is 17.1. The highest BCUT2D eigenvalue weighted by atomic mass is 32.2. The summed E-state index contributed by atoms with van der Waals surface area (Å²) in [5.41, 5.74) is 0.155. The Balaban J connectivity index is 2.17. The van der Waals surface area contributed by atoms with Crippen molar-refractivity contribution < 1.29 is 13.5 Å². The van der Waals surface area contributed by atoms with E-state index in [1.54, 1.807) is 72.8 Å². The van der Waals surface area contributed by atoms with E-state index in [9.17, 15) is 18.3 Å². The molecule has 0 aliphatic carbocycles. The quantitative estimate of drug-likeness (QED) is 0.593. The predicted molar refractivity (Wildman–Crippen MR) is 103 cm³/mol. The molecule has 5 nitrogen and oxygen atoms in total. The molecule has 1 heterocycles. The number of sulfone groups is 1. The van der Waals surface area contributed by atoms with Gasteiger partial charge in [-0.25, -0.2) is 8.42 Å². The summed E-state index contributed by atoms with van der Waals surface area (Å²) in [6, 6.07) is 23.0. The van der Waals surface area contributed by atoms with E-state index in [4.69, 9.17) is 0 Å². The maximum Gasteiger partial charge on any atom is 0.278 e. The fourth-order valence-electron chi connectivity index (χ4n) is 3.10. The van der Waals surface area contributed by atoms with Gasteiger partial charge in [0.25, 0.3) is 5.56 Å². The standard InChI is InChI=1S/C21H15NO4S/c23-19-17-13-7-8-14-18(17)22(15-9-3-1-4-10-15)21(24)20(19)27(25,26)16-11-5-2-6-12-16/h1-14,23H. The average molecular weight is 377 g/mol. The largest absolute Gasteiger partial charge is 0.506 e. The minimum absolute atomic E-state index is 0.0488. The summed E-state index contributed by atoms with van der Waals surface area (Å²) >= 11 is 0. The number of fused-ring (bicyclic) bond motifs is 1. The van der Waals surface area contributed by atoms with Gasteiger partial charge in [0.1, 0.15) is 5.75 Å². The number of hydrogen-bond acceptors (Lipinski definition) is 4. The number of benzene rings is 3. The van der Waals surface area contributed by atoms with Crippen LogP contribution >= 0.6 is 0 Å². The van der Waals surface area contributed by atoms with Crippen LogP contribution < -0.4 is 5.56 Å². The lowest BCUT2D eigenvalue weighted by molar-refractivity contribution is 0.461. The number of nitrogens with zero attached hydrogens (tertiary/aromatic N) is 1. The highest BCUT2D eigenvalue weighted by Crippen LogP contribution is 2.33. The van der Waals surface area contributed by atoms with E-state index in [2.05, 4.69) is 0 Å². The Kier molecular flexibility index (Phi) is 4.05. The van der Waals surface area contributed by atoms with Crippen molar-refractivity contribution >= 4 is 20.7 Å². The molecule has 0 saturated heterocycles. The minimum atomic E-state index is -4.21. The summed E-state index contributed by atoms with van der Waals surface area (Å²) in [6.45, 7) is 0. The van der Waals surface area contributed by atoms with Gasteiger partial charge in [-0.1, -0.05) is 48.5 Å². The van der Waals surface area contributed by atoms with Gasteiger partial charge in [0.2, 0.25) is 9.84 Å². The Morgan fingerprint density at radius 2 is 1.30 bits per heavy atom. The fraction of sp³-hybridized carbons (Fsp3) is 0. The van der Waals surface area contributed by atoms with E-state index < -0.39 is 26.0 Å². The molecule has 0 spiro atoms. The van der Waals surface area contributed by atoms with Crippen molar-refractivity contribution in [3.63, 3.8) is 0 Å². The second-order valence-electron chi connectivity index (χ2n) is 5.99. The van der Waals surface area contributed by atoms with Gasteiger partial charge in [-0.2, -0.15) is 0 Å². The first-order valence-corrected chi connectivity index (χ1v) is 9.72. The van der Waals surface area contributed by atoms with E-state index in [0.29, 0.717) is 11.2 Å². The maximum absolute atomic E-state index is 13.2. The zero-order valence-corrected chi connectivity index (χ0v) is 14.9. The first-order valence-electron chi connectivity index (χ1n) is 8.24. The average Bonchev–Trinajstić information content (AvgIpc) is 2.69. The highest BCUT2D eigenvalue weighted by Gasteiger charge is 2.29. The SMILES string of the molecule is O=c1c(S(=O)(=O)c2ccccc2)c(O)c2ccccc2n1-c1ccccc1. The molecule has 27 heavy (non-hydrogen) atoms. The number of rotatable bonds is 3. The highest BCUT2D eigenvalue weighted by molar-refractivity contribution is 7.91. The monoisotopic (exact) mass is 377 g/mol. The van der Waals surface area contributed by atoms with Crippen LogP contribution in [0.15, 0.2) is 99.5 Å². The van der Waals surface area contributed by atoms with Crippen LogP contribution in [-0.2, 0) is 9.84 Å². The van der Waals surface area contributed by atoms with Gasteiger partial charge in [-0.3, -0.25) is 9.36 Å². The lowest BCUT2D eigenvalue weighted by Gasteiger charge is -2.15. The van der Waals surface area contributed by atoms with Gasteiger partial charge >= 0.3 is 0 Å². The van der Waals surface area contributed by atoms with Crippen LogP contribution in [0.3, 0.4) is 0 Å². The zero-order chi connectivity index (χ0) is 19.0. The molecule has 4 rings (SSSR count). The third-order valence-corrected chi connectivity index (χ3v) is 6.15. The summed E-state index contributed by atoms with van der Waals surface area (Å²) in [7, 11) is -4.21. The van der Waals surface area contributed by atoms with Crippen LogP contribution in [0.2, 0.25) is 0 Å². The van der Waals surface area contributed by atoms with E-state index in [1.165, 1.54) is 16.7 Å². The molecule has 1 aromatic heterocycles. The lowest BCUT2D eigenvalue weighted by Crippen LogP contribution is -2.25. The van der Waals surface area contributed by atoms with Crippen molar-refractivity contribution in [2.24, 2.45) is 0 Å². The molecule has 6 heteroatoms. The van der Waals surface area contributed by atoms with Crippen molar-refractivity contribution in [2.45, 2.75) is 9.79 Å². The number of para-hydroxylation sites is 2. The molecule has 0 atom stereocenters. The Morgan fingerprint density at radius 3 is 1.96 bits per heavy atom. The summed E-state index contributed by atoms with van der Waals surface area (Å²) in [5.74, 6) is -0.536. The molecular formula is C21H15NO4S. The smallest absolute Gasteiger partial charge is 0.278 e. The normalized spacial score (nSPS) is 11.6. The molecule has 4 aromatic rings. The molecule has 0 amide bonds. The van der Waals surface area contributed by atoms with E-state index in [1.807, 2.05) is 0 Å². The number of aromatic hydroxyl groups is 1. The molecule has 134 valence electrons. The third-order valence-electron chi connectivity index (χ3n) is 4.35. The van der Waals surface area contributed by atoms with Gasteiger partial charge in [-0.05, 0) is 36.4 Å². The van der Waals surface area contributed by atoms with Crippen molar-refractivity contribution in [1.82, 2.24) is 4.57 Å². The van der Waals surface area contributed by atoms with Crippen molar-refractivity contribution in [1.29, 1.82) is 0 Å². The molecule has 0 aliphatic heterocycles. The number of hydrogen-bond donors (Lipinski definition) is 1. The third kappa shape index (κ3) is 2.71. The summed E-state index contributed by atoms with van der Waals surface area (Å²) in [4.78, 5) is 12.6. The van der Waals surface area contributed by atoms with E-state index in [0.717, 1.165) is 0 Å². The molecule has 0 radical (unpaired) electrons. The Hall–Kier alpha value is -3.38. The Labute approximate surface area is 155 Å². The van der Waals surface area contributed by atoms with Gasteiger partial charge in [0.15, 0.2) is 4.90 Å². The van der Waals surface area contributed by atoms with Crippen LogP contribution in [0.25, 0.3) is 16.6 Å². The van der Waals surface area contributed by atoms with Gasteiger partial charge in [-0.15, -0.1) is 0 Å². The van der Waals surface area contributed by atoms with Crippen molar-refractivity contribution in [2.75, 3.05) is 0 Å². The summed E-state index contributed by atoms with van der Waals surface area (Å²) in [5, 5.41) is 11.0. The van der Waals surface area contributed by atoms with Crippen LogP contribution in [0.4, 0.5) is 0 Å². The van der Waals surface area contributed by atoms with Crippen LogP contribution in [0.1, 0.15) is 0 Å². The van der Waals surface area contributed by atoms with Crippen LogP contribution in [-0.4, -0.2) is 18.1 Å². The Morgan fingerprint density at radius 1 is 0.741 bits per heavy atom. The Bertz CT molecular complexity index is 1290. The second-order valence-corrected chi connectivity index (χ2v) is 7.87. The first-order chi connectivity index (χ1) is 13.0. The summed E-state index contributed by atoms with van der Waals surface area (Å²) < 4.78 is 27.6. The number of aromatic nitrogens is 1. The van der Waals surface area contributed by atoms with Crippen LogP contribution in [0, 0.1) is 0 Å². The van der Waals surface area contributed by atoms with E-state index in [-0.39, 0.29) is 10.3 Å². The maximum atomic E-state index is 13.2. The molecule has 0 saturated carbocycles. The van der Waals surface area contributed by atoms with Gasteiger partial charge in [0, 0.05) is 11.1 Å².